The van der Waals surface area contributed by atoms with E-state index in [1.807, 2.05) is 0 Å². The summed E-state index contributed by atoms with van der Waals surface area (Å²) in [5.74, 6) is -0.295. The molecule has 0 aromatic carbocycles. The zero-order valence-corrected chi connectivity index (χ0v) is 10.3. The summed E-state index contributed by atoms with van der Waals surface area (Å²) in [5.41, 5.74) is 0. The van der Waals surface area contributed by atoms with Crippen molar-refractivity contribution < 1.29 is 14.6 Å². The Bertz CT molecular complexity index is 212. The number of methoxy groups -OCH3 is 1. The van der Waals surface area contributed by atoms with Gasteiger partial charge in [0.05, 0.1) is 6.61 Å². The molecule has 16 heavy (non-hydrogen) atoms. The van der Waals surface area contributed by atoms with Gasteiger partial charge >= 0.3 is 5.97 Å². The SMILES string of the molecule is CCC(COC)N1CCC(CC(=O)O)CC1. The van der Waals surface area contributed by atoms with Crippen molar-refractivity contribution in [3.05, 3.63) is 0 Å². The van der Waals surface area contributed by atoms with Crippen LogP contribution in [-0.2, 0) is 9.53 Å². The van der Waals surface area contributed by atoms with Crippen LogP contribution in [0.2, 0.25) is 0 Å². The average molecular weight is 229 g/mol. The van der Waals surface area contributed by atoms with Crippen molar-refractivity contribution in [2.75, 3.05) is 26.8 Å². The Morgan fingerprint density at radius 2 is 2.12 bits per heavy atom. The first-order valence-electron chi connectivity index (χ1n) is 6.12. The van der Waals surface area contributed by atoms with Crippen molar-refractivity contribution in [2.45, 2.75) is 38.6 Å². The van der Waals surface area contributed by atoms with Gasteiger partial charge in [-0.1, -0.05) is 6.92 Å². The van der Waals surface area contributed by atoms with Crippen LogP contribution in [0, 0.1) is 5.92 Å². The molecule has 0 aromatic heterocycles. The molecule has 1 N–H and O–H groups in total. The highest BCUT2D eigenvalue weighted by Gasteiger charge is 2.25. The molecule has 0 bridgehead atoms. The van der Waals surface area contributed by atoms with Crippen LogP contribution in [-0.4, -0.2) is 48.8 Å². The second-order valence-electron chi connectivity index (χ2n) is 4.59. The van der Waals surface area contributed by atoms with Crippen LogP contribution in [0.5, 0.6) is 0 Å². The van der Waals surface area contributed by atoms with Crippen LogP contribution in [0.3, 0.4) is 0 Å². The minimum absolute atomic E-state index is 0.328. The predicted molar refractivity (Wildman–Crippen MR) is 62.5 cm³/mol. The van der Waals surface area contributed by atoms with Crippen LogP contribution >= 0.6 is 0 Å². The van der Waals surface area contributed by atoms with Crippen LogP contribution < -0.4 is 0 Å². The monoisotopic (exact) mass is 229 g/mol. The van der Waals surface area contributed by atoms with Crippen molar-refractivity contribution in [3.8, 4) is 0 Å². The zero-order chi connectivity index (χ0) is 12.0. The molecule has 1 atom stereocenters. The van der Waals surface area contributed by atoms with Gasteiger partial charge in [0.15, 0.2) is 0 Å². The summed E-state index contributed by atoms with van der Waals surface area (Å²) in [4.78, 5) is 13.0. The van der Waals surface area contributed by atoms with Crippen LogP contribution in [0.25, 0.3) is 0 Å². The summed E-state index contributed by atoms with van der Waals surface area (Å²) in [6.07, 6.45) is 3.44. The third kappa shape index (κ3) is 4.10. The summed E-state index contributed by atoms with van der Waals surface area (Å²) in [6.45, 7) is 4.98. The summed E-state index contributed by atoms with van der Waals surface area (Å²) in [5, 5.41) is 8.74. The lowest BCUT2D eigenvalue weighted by atomic mass is 9.92. The first-order valence-corrected chi connectivity index (χ1v) is 6.12. The fourth-order valence-electron chi connectivity index (χ4n) is 2.44. The van der Waals surface area contributed by atoms with Crippen molar-refractivity contribution in [1.82, 2.24) is 4.90 Å². The molecule has 94 valence electrons. The highest BCUT2D eigenvalue weighted by molar-refractivity contribution is 5.67. The highest BCUT2D eigenvalue weighted by atomic mass is 16.5. The molecule has 1 aliphatic rings. The van der Waals surface area contributed by atoms with Gasteiger partial charge in [0.1, 0.15) is 0 Å². The van der Waals surface area contributed by atoms with E-state index in [1.54, 1.807) is 7.11 Å². The predicted octanol–water partition coefficient (Wildman–Crippen LogP) is 1.60. The van der Waals surface area contributed by atoms with Crippen molar-refractivity contribution in [1.29, 1.82) is 0 Å². The van der Waals surface area contributed by atoms with Gasteiger partial charge in [-0.25, -0.2) is 0 Å². The quantitative estimate of drug-likeness (QED) is 0.751. The summed E-state index contributed by atoms with van der Waals surface area (Å²) in [7, 11) is 1.74. The van der Waals surface area contributed by atoms with Gasteiger partial charge in [0, 0.05) is 19.6 Å². The minimum atomic E-state index is -0.664. The number of carbonyl (C=O) groups is 1. The van der Waals surface area contributed by atoms with E-state index in [2.05, 4.69) is 11.8 Å². The molecule has 1 saturated heterocycles. The first-order chi connectivity index (χ1) is 7.67. The fraction of sp³-hybridized carbons (Fsp3) is 0.917. The Morgan fingerprint density at radius 1 is 1.50 bits per heavy atom. The molecule has 0 radical (unpaired) electrons. The molecule has 4 nitrogen and oxygen atoms in total. The van der Waals surface area contributed by atoms with Gasteiger partial charge in [0.25, 0.3) is 0 Å². The number of hydrogen-bond acceptors (Lipinski definition) is 3. The Labute approximate surface area is 97.6 Å². The summed E-state index contributed by atoms with van der Waals surface area (Å²) in [6, 6.07) is 0.496. The molecule has 0 amide bonds. The molecule has 0 spiro atoms. The summed E-state index contributed by atoms with van der Waals surface area (Å²) >= 11 is 0. The third-order valence-corrected chi connectivity index (χ3v) is 3.46. The van der Waals surface area contributed by atoms with Gasteiger partial charge in [0.2, 0.25) is 0 Å². The standard InChI is InChI=1S/C12H23NO3/c1-3-11(9-16-2)13-6-4-10(5-7-13)8-12(14)15/h10-11H,3-9H2,1-2H3,(H,14,15). The van der Waals surface area contributed by atoms with Gasteiger partial charge in [-0.2, -0.15) is 0 Å². The topological polar surface area (TPSA) is 49.8 Å². The second-order valence-corrected chi connectivity index (χ2v) is 4.59. The van der Waals surface area contributed by atoms with E-state index in [0.717, 1.165) is 39.0 Å². The number of ether oxygens (including phenoxy) is 1. The maximum absolute atomic E-state index is 10.6. The highest BCUT2D eigenvalue weighted by Crippen LogP contribution is 2.22. The van der Waals surface area contributed by atoms with Crippen LogP contribution in [0.4, 0.5) is 0 Å². The lowest BCUT2D eigenvalue weighted by molar-refractivity contribution is -0.138. The van der Waals surface area contributed by atoms with E-state index in [0.29, 0.717) is 18.4 Å². The lowest BCUT2D eigenvalue weighted by Gasteiger charge is -2.36. The molecule has 1 unspecified atom stereocenters. The van der Waals surface area contributed by atoms with Gasteiger partial charge < -0.3 is 9.84 Å². The van der Waals surface area contributed by atoms with Gasteiger partial charge in [-0.05, 0) is 38.3 Å². The van der Waals surface area contributed by atoms with E-state index < -0.39 is 5.97 Å². The Morgan fingerprint density at radius 3 is 2.56 bits per heavy atom. The normalized spacial score (nSPS) is 20.9. The number of likely N-dealkylation sites (tertiary alicyclic amines) is 1. The zero-order valence-electron chi connectivity index (χ0n) is 10.3. The third-order valence-electron chi connectivity index (χ3n) is 3.46. The number of piperidine rings is 1. The molecule has 0 saturated carbocycles. The Balaban J connectivity index is 2.32. The number of carboxylic acid groups (broad SMARTS) is 1. The number of rotatable bonds is 6. The molecule has 4 heteroatoms. The fourth-order valence-corrected chi connectivity index (χ4v) is 2.44. The Kier molecular flexibility index (Phi) is 5.77. The molecule has 1 heterocycles. The molecular formula is C12H23NO3. The van der Waals surface area contributed by atoms with E-state index in [9.17, 15) is 4.79 Å². The van der Waals surface area contributed by atoms with Crippen molar-refractivity contribution >= 4 is 5.97 Å². The lowest BCUT2D eigenvalue weighted by Crippen LogP contribution is -2.43. The van der Waals surface area contributed by atoms with Crippen molar-refractivity contribution in [2.24, 2.45) is 5.92 Å². The van der Waals surface area contributed by atoms with Gasteiger partial charge in [-0.15, -0.1) is 0 Å². The van der Waals surface area contributed by atoms with Gasteiger partial charge in [-0.3, -0.25) is 9.69 Å². The van der Waals surface area contributed by atoms with E-state index in [4.69, 9.17) is 9.84 Å². The molecular weight excluding hydrogens is 206 g/mol. The average Bonchev–Trinajstić information content (AvgIpc) is 2.26. The number of hydrogen-bond donors (Lipinski definition) is 1. The number of aliphatic carboxylic acids is 1. The second kappa shape index (κ2) is 6.86. The van der Waals surface area contributed by atoms with E-state index in [1.165, 1.54) is 0 Å². The molecule has 0 aliphatic carbocycles. The number of nitrogens with zero attached hydrogens (tertiary/aromatic N) is 1. The molecule has 1 rings (SSSR count). The summed E-state index contributed by atoms with van der Waals surface area (Å²) < 4.78 is 5.20. The maximum Gasteiger partial charge on any atom is 0.303 e. The largest absolute Gasteiger partial charge is 0.481 e. The van der Waals surface area contributed by atoms with Crippen LogP contribution in [0.1, 0.15) is 32.6 Å². The molecule has 1 aliphatic heterocycles. The molecule has 0 aromatic rings. The van der Waals surface area contributed by atoms with Crippen LogP contribution in [0.15, 0.2) is 0 Å². The Hall–Kier alpha value is -0.610. The van der Waals surface area contributed by atoms with Crippen molar-refractivity contribution in [3.63, 3.8) is 0 Å². The van der Waals surface area contributed by atoms with E-state index in [-0.39, 0.29) is 0 Å². The van der Waals surface area contributed by atoms with E-state index >= 15 is 0 Å². The first kappa shape index (κ1) is 13.5. The molecule has 1 fully saturated rings. The minimum Gasteiger partial charge on any atom is -0.481 e. The smallest absolute Gasteiger partial charge is 0.303 e. The number of carboxylic acids is 1. The maximum atomic E-state index is 10.6.